The fourth-order valence-electron chi connectivity index (χ4n) is 1.62. The van der Waals surface area contributed by atoms with E-state index in [0.29, 0.717) is 0 Å². The average Bonchev–Trinajstić information content (AvgIpc) is 2.65. The summed E-state index contributed by atoms with van der Waals surface area (Å²) in [6.07, 6.45) is -0.914. The monoisotopic (exact) mass is 253 g/mol. The molecule has 0 bridgehead atoms. The van der Waals surface area contributed by atoms with E-state index in [1.165, 1.54) is 18.2 Å². The maximum absolute atomic E-state index is 11.5. The highest BCUT2D eigenvalue weighted by Crippen LogP contribution is 2.20. The molecular weight excluding hydrogens is 242 g/mol. The first kappa shape index (κ1) is 12.3. The van der Waals surface area contributed by atoms with Crippen LogP contribution in [-0.4, -0.2) is 27.2 Å². The van der Waals surface area contributed by atoms with Crippen LogP contribution in [0, 0.1) is 10.1 Å². The summed E-state index contributed by atoms with van der Waals surface area (Å²) in [5, 5.41) is 20.1. The van der Waals surface area contributed by atoms with Crippen LogP contribution in [-0.2, 0) is 6.54 Å². The van der Waals surface area contributed by atoms with E-state index in [2.05, 4.69) is 0 Å². The summed E-state index contributed by atoms with van der Waals surface area (Å²) in [5.74, 6) is -0.682. The molecule has 0 saturated carbocycles. The van der Waals surface area contributed by atoms with Gasteiger partial charge < -0.3 is 15.3 Å². The lowest BCUT2D eigenvalue weighted by Gasteiger charge is -2.07. The Morgan fingerprint density at radius 3 is 2.89 bits per heavy atom. The van der Waals surface area contributed by atoms with Crippen LogP contribution >= 0.6 is 0 Å². The second-order valence-corrected chi connectivity index (χ2v) is 3.78. The summed E-state index contributed by atoms with van der Waals surface area (Å²) in [6, 6.07) is 3.82. The molecule has 0 fully saturated rings. The number of hydrogen-bond acceptors (Lipinski definition) is 6. The molecule has 2 aromatic rings. The van der Waals surface area contributed by atoms with E-state index in [1.807, 2.05) is 0 Å². The molecule has 8 nitrogen and oxygen atoms in total. The van der Waals surface area contributed by atoms with Crippen molar-refractivity contribution in [2.45, 2.75) is 12.6 Å². The number of aromatic nitrogens is 1. The van der Waals surface area contributed by atoms with E-state index in [1.54, 1.807) is 0 Å². The summed E-state index contributed by atoms with van der Waals surface area (Å²) in [7, 11) is 0. The largest absolute Gasteiger partial charge is 0.420 e. The molecule has 0 aliphatic carbocycles. The molecule has 1 aromatic heterocycles. The normalized spacial score (nSPS) is 12.8. The average molecular weight is 253 g/mol. The molecule has 2 rings (SSSR count). The number of non-ortho nitro benzene ring substituents is 1. The maximum atomic E-state index is 11.5. The molecule has 18 heavy (non-hydrogen) atoms. The van der Waals surface area contributed by atoms with E-state index in [4.69, 9.17) is 10.2 Å². The van der Waals surface area contributed by atoms with Gasteiger partial charge in [0.1, 0.15) is 0 Å². The lowest BCUT2D eigenvalue weighted by molar-refractivity contribution is -0.384. The molecular formula is C10H11N3O5. The fourth-order valence-corrected chi connectivity index (χ4v) is 1.62. The van der Waals surface area contributed by atoms with Crippen molar-refractivity contribution < 1.29 is 14.4 Å². The van der Waals surface area contributed by atoms with Gasteiger partial charge in [0.2, 0.25) is 0 Å². The Morgan fingerprint density at radius 2 is 2.28 bits per heavy atom. The molecule has 96 valence electrons. The number of rotatable bonds is 4. The molecule has 1 heterocycles. The zero-order valence-corrected chi connectivity index (χ0v) is 9.28. The van der Waals surface area contributed by atoms with Crippen molar-refractivity contribution in [3.05, 3.63) is 38.9 Å². The zero-order chi connectivity index (χ0) is 13.3. The van der Waals surface area contributed by atoms with Crippen molar-refractivity contribution in [3.63, 3.8) is 0 Å². The predicted octanol–water partition coefficient (Wildman–Crippen LogP) is -0.178. The van der Waals surface area contributed by atoms with Crippen LogP contribution in [0.2, 0.25) is 0 Å². The minimum Gasteiger partial charge on any atom is -0.408 e. The summed E-state index contributed by atoms with van der Waals surface area (Å²) in [5.41, 5.74) is 5.60. The highest BCUT2D eigenvalue weighted by molar-refractivity contribution is 5.75. The van der Waals surface area contributed by atoms with Gasteiger partial charge in [0.25, 0.3) is 5.69 Å². The highest BCUT2D eigenvalue weighted by Gasteiger charge is 2.15. The van der Waals surface area contributed by atoms with Crippen LogP contribution < -0.4 is 11.5 Å². The number of hydrogen-bond donors (Lipinski definition) is 2. The van der Waals surface area contributed by atoms with Gasteiger partial charge in [0.05, 0.1) is 23.1 Å². The van der Waals surface area contributed by atoms with Gasteiger partial charge in [0.15, 0.2) is 5.58 Å². The summed E-state index contributed by atoms with van der Waals surface area (Å²) >= 11 is 0. The highest BCUT2D eigenvalue weighted by atomic mass is 16.6. The second kappa shape index (κ2) is 4.59. The molecule has 0 saturated heterocycles. The van der Waals surface area contributed by atoms with Gasteiger partial charge in [-0.15, -0.1) is 0 Å². The quantitative estimate of drug-likeness (QED) is 0.575. The Balaban J connectivity index is 2.57. The molecule has 0 amide bonds. The Morgan fingerprint density at radius 1 is 1.56 bits per heavy atom. The Kier molecular flexibility index (Phi) is 3.13. The number of nitrogens with zero attached hydrogens (tertiary/aromatic N) is 2. The Hall–Kier alpha value is -2.19. The van der Waals surface area contributed by atoms with Crippen LogP contribution in [0.4, 0.5) is 5.69 Å². The number of benzene rings is 1. The van der Waals surface area contributed by atoms with Crippen molar-refractivity contribution in [1.29, 1.82) is 0 Å². The molecule has 0 unspecified atom stereocenters. The SMILES string of the molecule is NC[C@@H](O)Cn1c(=O)oc2ccc([N+](=O)[O-])cc21. The predicted molar refractivity (Wildman–Crippen MR) is 62.2 cm³/mol. The van der Waals surface area contributed by atoms with Gasteiger partial charge in [-0.1, -0.05) is 0 Å². The number of aliphatic hydroxyl groups is 1. The van der Waals surface area contributed by atoms with Crippen molar-refractivity contribution in [2.24, 2.45) is 5.73 Å². The van der Waals surface area contributed by atoms with E-state index in [0.717, 1.165) is 4.57 Å². The molecule has 3 N–H and O–H groups in total. The smallest absolute Gasteiger partial charge is 0.408 e. The summed E-state index contributed by atoms with van der Waals surface area (Å²) < 4.78 is 6.04. The molecule has 0 aliphatic rings. The Labute approximate surface area is 100 Å². The first-order valence-electron chi connectivity index (χ1n) is 5.19. The zero-order valence-electron chi connectivity index (χ0n) is 9.28. The third-order valence-corrected chi connectivity index (χ3v) is 2.53. The standard InChI is InChI=1S/C10H11N3O5/c11-4-7(14)5-12-8-3-6(13(16)17)1-2-9(8)18-10(12)15/h1-3,7,14H,4-5,11H2/t7-/m1/s1. The molecule has 0 spiro atoms. The molecule has 0 radical (unpaired) electrons. The van der Waals surface area contributed by atoms with E-state index < -0.39 is 16.8 Å². The van der Waals surface area contributed by atoms with E-state index in [-0.39, 0.29) is 29.9 Å². The van der Waals surface area contributed by atoms with Crippen LogP contribution in [0.1, 0.15) is 0 Å². The minimum atomic E-state index is -0.914. The lowest BCUT2D eigenvalue weighted by atomic mass is 10.2. The summed E-state index contributed by atoms with van der Waals surface area (Å²) in [4.78, 5) is 21.6. The number of nitro groups is 1. The Bertz CT molecular complexity index is 644. The number of oxazole rings is 1. The van der Waals surface area contributed by atoms with Crippen molar-refractivity contribution in [2.75, 3.05) is 6.54 Å². The van der Waals surface area contributed by atoms with E-state index in [9.17, 15) is 20.0 Å². The van der Waals surface area contributed by atoms with Gasteiger partial charge in [-0.25, -0.2) is 4.79 Å². The fraction of sp³-hybridized carbons (Fsp3) is 0.300. The first-order chi connectivity index (χ1) is 8.52. The maximum Gasteiger partial charge on any atom is 0.420 e. The van der Waals surface area contributed by atoms with Crippen molar-refractivity contribution >= 4 is 16.8 Å². The van der Waals surface area contributed by atoms with Gasteiger partial charge in [-0.05, 0) is 6.07 Å². The molecule has 0 aliphatic heterocycles. The van der Waals surface area contributed by atoms with Gasteiger partial charge in [-0.3, -0.25) is 14.7 Å². The number of nitro benzene ring substituents is 1. The molecule has 8 heteroatoms. The first-order valence-corrected chi connectivity index (χ1v) is 5.19. The van der Waals surface area contributed by atoms with Crippen LogP contribution in [0.5, 0.6) is 0 Å². The number of fused-ring (bicyclic) bond motifs is 1. The second-order valence-electron chi connectivity index (χ2n) is 3.78. The molecule has 1 aromatic carbocycles. The third kappa shape index (κ3) is 2.11. The van der Waals surface area contributed by atoms with Gasteiger partial charge in [-0.2, -0.15) is 0 Å². The number of aliphatic hydroxyl groups excluding tert-OH is 1. The van der Waals surface area contributed by atoms with Crippen LogP contribution in [0.15, 0.2) is 27.4 Å². The third-order valence-electron chi connectivity index (χ3n) is 2.53. The van der Waals surface area contributed by atoms with E-state index >= 15 is 0 Å². The molecule has 1 atom stereocenters. The van der Waals surface area contributed by atoms with Gasteiger partial charge >= 0.3 is 5.76 Å². The minimum absolute atomic E-state index is 0.0198. The lowest BCUT2D eigenvalue weighted by Crippen LogP contribution is -2.29. The topological polar surface area (TPSA) is 125 Å². The summed E-state index contributed by atoms with van der Waals surface area (Å²) in [6.45, 7) is -0.0858. The van der Waals surface area contributed by atoms with Gasteiger partial charge in [0, 0.05) is 18.7 Å². The van der Waals surface area contributed by atoms with Crippen molar-refractivity contribution in [3.8, 4) is 0 Å². The van der Waals surface area contributed by atoms with Crippen LogP contribution in [0.25, 0.3) is 11.1 Å². The number of nitrogens with two attached hydrogens (primary N) is 1. The van der Waals surface area contributed by atoms with Crippen LogP contribution in [0.3, 0.4) is 0 Å². The van der Waals surface area contributed by atoms with Crippen molar-refractivity contribution in [1.82, 2.24) is 4.57 Å².